The Bertz CT molecular complexity index is 558. The van der Waals surface area contributed by atoms with Gasteiger partial charge in [-0.25, -0.2) is 4.39 Å². The van der Waals surface area contributed by atoms with E-state index < -0.39 is 0 Å². The predicted molar refractivity (Wildman–Crippen MR) is 73.7 cm³/mol. The largest absolute Gasteiger partial charge is 0.406 e. The second kappa shape index (κ2) is 6.12. The molecule has 1 heterocycles. The van der Waals surface area contributed by atoms with Crippen LogP contribution in [0.15, 0.2) is 27.1 Å². The molecule has 0 saturated carbocycles. The maximum absolute atomic E-state index is 13.5. The third kappa shape index (κ3) is 4.00. The molecule has 2 N–H and O–H groups in total. The van der Waals surface area contributed by atoms with Gasteiger partial charge in [-0.15, -0.1) is 5.10 Å². The molecule has 0 aliphatic rings. The summed E-state index contributed by atoms with van der Waals surface area (Å²) in [6.07, 6.45) is 0. The molecule has 7 heteroatoms. The minimum absolute atomic E-state index is 0.164. The summed E-state index contributed by atoms with van der Waals surface area (Å²) in [7, 11) is 0. The molecule has 0 unspecified atom stereocenters. The Balaban J connectivity index is 2.05. The molecule has 102 valence electrons. The van der Waals surface area contributed by atoms with Gasteiger partial charge in [0.25, 0.3) is 0 Å². The minimum Gasteiger partial charge on any atom is -0.406 e. The zero-order chi connectivity index (χ0) is 13.8. The van der Waals surface area contributed by atoms with Gasteiger partial charge in [-0.2, -0.15) is 0 Å². The lowest BCUT2D eigenvalue weighted by Gasteiger charge is -2.04. The van der Waals surface area contributed by atoms with Gasteiger partial charge in [-0.1, -0.05) is 34.9 Å². The van der Waals surface area contributed by atoms with Gasteiger partial charge in [0.05, 0.1) is 12.2 Å². The van der Waals surface area contributed by atoms with Gasteiger partial charge >= 0.3 is 6.01 Å². The van der Waals surface area contributed by atoms with E-state index in [0.29, 0.717) is 18.5 Å². The lowest BCUT2D eigenvalue weighted by molar-refractivity contribution is 0.460. The molecule has 0 radical (unpaired) electrons. The average Bonchev–Trinajstić information content (AvgIpc) is 2.79. The van der Waals surface area contributed by atoms with Crippen LogP contribution in [-0.2, 0) is 6.54 Å². The number of nitrogens with zero attached hydrogens (tertiary/aromatic N) is 2. The lowest BCUT2D eigenvalue weighted by atomic mass is 10.3. The maximum Gasteiger partial charge on any atom is 0.320 e. The first kappa shape index (κ1) is 14.0. The van der Waals surface area contributed by atoms with Crippen molar-refractivity contribution in [1.29, 1.82) is 0 Å². The van der Waals surface area contributed by atoms with Gasteiger partial charge < -0.3 is 15.1 Å². The van der Waals surface area contributed by atoms with E-state index in [2.05, 4.69) is 36.8 Å². The predicted octanol–water partition coefficient (Wildman–Crippen LogP) is 3.21. The van der Waals surface area contributed by atoms with Gasteiger partial charge in [0.1, 0.15) is 5.82 Å². The van der Waals surface area contributed by atoms with Gasteiger partial charge in [0.15, 0.2) is 0 Å². The highest BCUT2D eigenvalue weighted by molar-refractivity contribution is 9.10. The fraction of sp³-hybridized carbons (Fsp3) is 0.333. The molecule has 1 aromatic carbocycles. The van der Waals surface area contributed by atoms with Crippen LogP contribution < -0.4 is 10.6 Å². The summed E-state index contributed by atoms with van der Waals surface area (Å²) in [5.74, 6) is 0.0647. The molecule has 0 aliphatic heterocycles. The first-order chi connectivity index (χ1) is 9.04. The molecule has 5 nitrogen and oxygen atoms in total. The van der Waals surface area contributed by atoms with Crippen LogP contribution in [0.25, 0.3) is 0 Å². The van der Waals surface area contributed by atoms with Crippen LogP contribution in [-0.4, -0.2) is 16.2 Å². The summed E-state index contributed by atoms with van der Waals surface area (Å²) in [6.45, 7) is 4.52. The van der Waals surface area contributed by atoms with Crippen LogP contribution in [0.2, 0.25) is 0 Å². The van der Waals surface area contributed by atoms with Crippen LogP contribution >= 0.6 is 15.9 Å². The second-order valence-corrected chi connectivity index (χ2v) is 5.20. The number of hydrogen-bond donors (Lipinski definition) is 2. The summed E-state index contributed by atoms with van der Waals surface area (Å²) in [4.78, 5) is 0. The Morgan fingerprint density at radius 2 is 2.16 bits per heavy atom. The average molecular weight is 329 g/mol. The quantitative estimate of drug-likeness (QED) is 0.882. The third-order valence-electron chi connectivity index (χ3n) is 2.30. The van der Waals surface area contributed by atoms with E-state index in [1.807, 2.05) is 13.8 Å². The first-order valence-corrected chi connectivity index (χ1v) is 6.61. The van der Waals surface area contributed by atoms with Crippen molar-refractivity contribution in [2.45, 2.75) is 26.4 Å². The highest BCUT2D eigenvalue weighted by Crippen LogP contribution is 2.23. The summed E-state index contributed by atoms with van der Waals surface area (Å²) >= 11 is 3.27. The molecule has 0 saturated heterocycles. The van der Waals surface area contributed by atoms with E-state index >= 15 is 0 Å². The second-order valence-electron chi connectivity index (χ2n) is 4.29. The van der Waals surface area contributed by atoms with Crippen LogP contribution in [0.3, 0.4) is 0 Å². The summed E-state index contributed by atoms with van der Waals surface area (Å²) in [5, 5.41) is 13.6. The van der Waals surface area contributed by atoms with E-state index in [9.17, 15) is 4.39 Å². The maximum atomic E-state index is 13.5. The number of nitrogens with one attached hydrogen (secondary N) is 2. The molecule has 2 rings (SSSR count). The van der Waals surface area contributed by atoms with Crippen molar-refractivity contribution >= 4 is 27.6 Å². The molecular weight excluding hydrogens is 315 g/mol. The Morgan fingerprint density at radius 3 is 2.89 bits per heavy atom. The van der Waals surface area contributed by atoms with Gasteiger partial charge in [-0.05, 0) is 18.2 Å². The van der Waals surface area contributed by atoms with E-state index in [4.69, 9.17) is 4.42 Å². The molecule has 0 amide bonds. The van der Waals surface area contributed by atoms with Crippen molar-refractivity contribution in [2.75, 3.05) is 5.32 Å². The lowest BCUT2D eigenvalue weighted by Crippen LogP contribution is -2.21. The summed E-state index contributed by atoms with van der Waals surface area (Å²) in [5.41, 5.74) is 0.279. The number of benzene rings is 1. The molecular formula is C12H14BrFN4O. The zero-order valence-corrected chi connectivity index (χ0v) is 12.2. The van der Waals surface area contributed by atoms with Gasteiger partial charge in [0.2, 0.25) is 5.89 Å². The monoisotopic (exact) mass is 328 g/mol. The first-order valence-electron chi connectivity index (χ1n) is 5.82. The SMILES string of the molecule is CC(C)NCc1nnc(Nc2cc(Br)ccc2F)o1. The molecule has 0 aliphatic carbocycles. The number of rotatable bonds is 5. The number of hydrogen-bond acceptors (Lipinski definition) is 5. The van der Waals surface area contributed by atoms with Gasteiger partial charge in [-0.3, -0.25) is 0 Å². The number of anilines is 2. The fourth-order valence-corrected chi connectivity index (χ4v) is 1.74. The molecule has 0 fully saturated rings. The van der Waals surface area contributed by atoms with Crippen molar-refractivity contribution in [2.24, 2.45) is 0 Å². The molecule has 2 aromatic rings. The molecule has 0 atom stereocenters. The van der Waals surface area contributed by atoms with Crippen LogP contribution in [0, 0.1) is 5.82 Å². The minimum atomic E-state index is -0.386. The van der Waals surface area contributed by atoms with Crippen molar-refractivity contribution in [3.8, 4) is 0 Å². The zero-order valence-electron chi connectivity index (χ0n) is 10.6. The van der Waals surface area contributed by atoms with Crippen molar-refractivity contribution in [3.63, 3.8) is 0 Å². The smallest absolute Gasteiger partial charge is 0.320 e. The Morgan fingerprint density at radius 1 is 1.37 bits per heavy atom. The number of aromatic nitrogens is 2. The van der Waals surface area contributed by atoms with Crippen LogP contribution in [0.5, 0.6) is 0 Å². The Labute approximate surface area is 118 Å². The fourth-order valence-electron chi connectivity index (χ4n) is 1.38. The highest BCUT2D eigenvalue weighted by atomic mass is 79.9. The summed E-state index contributed by atoms with van der Waals surface area (Å²) < 4.78 is 19.6. The van der Waals surface area contributed by atoms with Gasteiger partial charge in [0, 0.05) is 10.5 Å². The molecule has 19 heavy (non-hydrogen) atoms. The Kier molecular flexibility index (Phi) is 4.49. The van der Waals surface area contributed by atoms with Crippen molar-refractivity contribution in [1.82, 2.24) is 15.5 Å². The third-order valence-corrected chi connectivity index (χ3v) is 2.79. The van der Waals surface area contributed by atoms with E-state index in [1.165, 1.54) is 6.07 Å². The van der Waals surface area contributed by atoms with Crippen LogP contribution in [0.1, 0.15) is 19.7 Å². The molecule has 0 bridgehead atoms. The van der Waals surface area contributed by atoms with E-state index in [1.54, 1.807) is 12.1 Å². The normalized spacial score (nSPS) is 11.0. The molecule has 1 aromatic heterocycles. The van der Waals surface area contributed by atoms with E-state index in [-0.39, 0.29) is 17.5 Å². The Hall–Kier alpha value is -1.47. The van der Waals surface area contributed by atoms with Crippen molar-refractivity contribution < 1.29 is 8.81 Å². The van der Waals surface area contributed by atoms with Crippen molar-refractivity contribution in [3.05, 3.63) is 34.4 Å². The molecule has 0 spiro atoms. The van der Waals surface area contributed by atoms with Crippen LogP contribution in [0.4, 0.5) is 16.1 Å². The summed E-state index contributed by atoms with van der Waals surface area (Å²) in [6, 6.07) is 5.06. The highest BCUT2D eigenvalue weighted by Gasteiger charge is 2.09. The number of halogens is 2. The standard InChI is InChI=1S/C12H14BrFN4O/c1-7(2)15-6-11-17-18-12(19-11)16-10-5-8(13)3-4-9(10)14/h3-5,7,15H,6H2,1-2H3,(H,16,18). The van der Waals surface area contributed by atoms with E-state index in [0.717, 1.165) is 4.47 Å². The topological polar surface area (TPSA) is 63.0 Å².